The lowest BCUT2D eigenvalue weighted by molar-refractivity contribution is -0.123. The molecular formula is C30H30N2O2. The van der Waals surface area contributed by atoms with Crippen molar-refractivity contribution in [1.29, 1.82) is 0 Å². The normalized spacial score (nSPS) is 16.9. The first kappa shape index (κ1) is 24.5. The third-order valence-electron chi connectivity index (χ3n) is 5.20. The third-order valence-corrected chi connectivity index (χ3v) is 5.20. The van der Waals surface area contributed by atoms with Crippen LogP contribution in [0.1, 0.15) is 22.8 Å². The van der Waals surface area contributed by atoms with Crippen molar-refractivity contribution in [2.24, 2.45) is 4.99 Å². The lowest BCUT2D eigenvalue weighted by Crippen LogP contribution is -2.36. The van der Waals surface area contributed by atoms with Gasteiger partial charge in [0.1, 0.15) is 0 Å². The minimum atomic E-state index is -0.655. The van der Waals surface area contributed by atoms with Crippen LogP contribution in [0.3, 0.4) is 0 Å². The summed E-state index contributed by atoms with van der Waals surface area (Å²) in [6.45, 7) is 9.87. The maximum absolute atomic E-state index is 12.8. The van der Waals surface area contributed by atoms with Crippen LogP contribution in [-0.4, -0.2) is 24.4 Å². The molecule has 4 nitrogen and oxygen atoms in total. The van der Waals surface area contributed by atoms with E-state index in [4.69, 9.17) is 4.74 Å². The van der Waals surface area contributed by atoms with E-state index in [2.05, 4.69) is 42.5 Å². The molecule has 2 unspecified atom stereocenters. The molecule has 0 saturated carbocycles. The predicted octanol–water partition coefficient (Wildman–Crippen LogP) is 5.98. The highest BCUT2D eigenvalue weighted by Gasteiger charge is 2.37. The van der Waals surface area contributed by atoms with E-state index < -0.39 is 12.1 Å². The van der Waals surface area contributed by atoms with E-state index in [-0.39, 0.29) is 5.91 Å². The van der Waals surface area contributed by atoms with E-state index in [1.54, 1.807) is 12.2 Å². The number of nitrogens with zero attached hydrogens (tertiary/aromatic N) is 1. The molecule has 1 heterocycles. The molecular weight excluding hydrogens is 420 g/mol. The maximum atomic E-state index is 12.8. The molecule has 1 amide bonds. The molecule has 3 aromatic rings. The average Bonchev–Trinajstić information content (AvgIpc) is 3.34. The van der Waals surface area contributed by atoms with Crippen molar-refractivity contribution in [3.63, 3.8) is 0 Å². The SMILES string of the molecule is C=C/C=C(\C=C)CNC(=O)C1N=C(c2ccccc2)OC1c1ccccc1.Cc1ccccc1. The molecule has 0 aromatic heterocycles. The number of rotatable bonds is 7. The van der Waals surface area contributed by atoms with Gasteiger partial charge in [-0.15, -0.1) is 0 Å². The maximum Gasteiger partial charge on any atom is 0.249 e. The Kier molecular flexibility index (Phi) is 9.18. The highest BCUT2D eigenvalue weighted by molar-refractivity contribution is 5.99. The highest BCUT2D eigenvalue weighted by atomic mass is 16.5. The molecule has 0 spiro atoms. The van der Waals surface area contributed by atoms with Crippen molar-refractivity contribution in [3.05, 3.63) is 145 Å². The van der Waals surface area contributed by atoms with Gasteiger partial charge in [-0.05, 0) is 30.2 Å². The summed E-state index contributed by atoms with van der Waals surface area (Å²) in [5, 5.41) is 2.92. The summed E-state index contributed by atoms with van der Waals surface area (Å²) in [6.07, 6.45) is 4.71. The van der Waals surface area contributed by atoms with Crippen LogP contribution >= 0.6 is 0 Å². The van der Waals surface area contributed by atoms with Crippen molar-refractivity contribution in [2.75, 3.05) is 6.54 Å². The summed E-state index contributed by atoms with van der Waals surface area (Å²) >= 11 is 0. The first-order valence-corrected chi connectivity index (χ1v) is 11.2. The molecule has 2 atom stereocenters. The number of aliphatic imine (C=N–C) groups is 1. The zero-order valence-electron chi connectivity index (χ0n) is 19.4. The molecule has 1 aliphatic rings. The number of ether oxygens (including phenoxy) is 1. The zero-order valence-corrected chi connectivity index (χ0v) is 19.4. The molecule has 0 fully saturated rings. The average molecular weight is 451 g/mol. The molecule has 1 aliphatic heterocycles. The van der Waals surface area contributed by atoms with Crippen LogP contribution in [0.15, 0.2) is 133 Å². The molecule has 0 aliphatic carbocycles. The number of carbonyl (C=O) groups is 1. The summed E-state index contributed by atoms with van der Waals surface area (Å²) in [5.74, 6) is 0.293. The monoisotopic (exact) mass is 450 g/mol. The topological polar surface area (TPSA) is 50.7 Å². The van der Waals surface area contributed by atoms with Gasteiger partial charge in [-0.1, -0.05) is 116 Å². The number of hydrogen-bond donors (Lipinski definition) is 1. The summed E-state index contributed by atoms with van der Waals surface area (Å²) in [6, 6.07) is 28.9. The number of hydrogen-bond acceptors (Lipinski definition) is 3. The standard InChI is InChI=1S/C23H22N2O2.C7H8/c1-3-11-17(4-2)16-24-22(26)20-21(18-12-7-5-8-13-18)27-23(25-20)19-14-9-6-10-15-19;1-7-5-3-2-4-6-7/h3-15,20-21H,1-2,16H2,(H,24,26);2-6H,1H3/b17-11+;. The fraction of sp³-hybridized carbons (Fsp3) is 0.133. The lowest BCUT2D eigenvalue weighted by atomic mass is 10.0. The summed E-state index contributed by atoms with van der Waals surface area (Å²) in [5.41, 5.74) is 3.97. The second kappa shape index (κ2) is 12.8. The Morgan fingerprint density at radius 1 is 0.941 bits per heavy atom. The zero-order chi connectivity index (χ0) is 24.2. The number of nitrogens with one attached hydrogen (secondary N) is 1. The van der Waals surface area contributed by atoms with E-state index in [1.165, 1.54) is 5.56 Å². The third kappa shape index (κ3) is 6.91. The molecule has 0 bridgehead atoms. The van der Waals surface area contributed by atoms with E-state index in [1.807, 2.05) is 84.9 Å². The largest absolute Gasteiger partial charge is 0.466 e. The fourth-order valence-electron chi connectivity index (χ4n) is 3.40. The van der Waals surface area contributed by atoms with Gasteiger partial charge in [-0.25, -0.2) is 4.99 Å². The van der Waals surface area contributed by atoms with Gasteiger partial charge in [0.2, 0.25) is 11.8 Å². The van der Waals surface area contributed by atoms with Gasteiger partial charge in [0.05, 0.1) is 0 Å². The molecule has 1 N–H and O–H groups in total. The van der Waals surface area contributed by atoms with Crippen molar-refractivity contribution in [3.8, 4) is 0 Å². The minimum Gasteiger partial charge on any atom is -0.466 e. The van der Waals surface area contributed by atoms with Crippen molar-refractivity contribution >= 4 is 11.8 Å². The second-order valence-electron chi connectivity index (χ2n) is 7.75. The van der Waals surface area contributed by atoms with Gasteiger partial charge in [-0.2, -0.15) is 0 Å². The summed E-state index contributed by atoms with van der Waals surface area (Å²) in [7, 11) is 0. The highest BCUT2D eigenvalue weighted by Crippen LogP contribution is 2.31. The van der Waals surface area contributed by atoms with Gasteiger partial charge in [0.15, 0.2) is 12.1 Å². The molecule has 0 radical (unpaired) electrons. The first-order chi connectivity index (χ1) is 16.6. The van der Waals surface area contributed by atoms with Crippen molar-refractivity contribution in [2.45, 2.75) is 19.1 Å². The van der Waals surface area contributed by atoms with Crippen molar-refractivity contribution < 1.29 is 9.53 Å². The number of aryl methyl sites for hydroxylation is 1. The fourth-order valence-corrected chi connectivity index (χ4v) is 3.40. The summed E-state index contributed by atoms with van der Waals surface area (Å²) < 4.78 is 6.09. The molecule has 172 valence electrons. The smallest absolute Gasteiger partial charge is 0.249 e. The summed E-state index contributed by atoms with van der Waals surface area (Å²) in [4.78, 5) is 17.4. The van der Waals surface area contributed by atoms with E-state index in [0.717, 1.165) is 16.7 Å². The molecule has 0 saturated heterocycles. The number of benzene rings is 3. The Morgan fingerprint density at radius 2 is 1.53 bits per heavy atom. The quantitative estimate of drug-likeness (QED) is 0.450. The van der Waals surface area contributed by atoms with Gasteiger partial charge in [-0.3, -0.25) is 4.79 Å². The Morgan fingerprint density at radius 3 is 2.06 bits per heavy atom. The molecule has 4 rings (SSSR count). The van der Waals surface area contributed by atoms with Gasteiger partial charge in [0, 0.05) is 12.1 Å². The predicted molar refractivity (Wildman–Crippen MR) is 140 cm³/mol. The Hall–Kier alpha value is -4.18. The first-order valence-electron chi connectivity index (χ1n) is 11.2. The molecule has 4 heteroatoms. The van der Waals surface area contributed by atoms with Crippen LogP contribution in [0.4, 0.5) is 0 Å². The number of amides is 1. The molecule has 3 aromatic carbocycles. The van der Waals surface area contributed by atoms with Crippen LogP contribution in [-0.2, 0) is 9.53 Å². The van der Waals surface area contributed by atoms with E-state index in [9.17, 15) is 4.79 Å². The Balaban J connectivity index is 0.000000396. The van der Waals surface area contributed by atoms with E-state index in [0.29, 0.717) is 12.4 Å². The Labute approximate surface area is 202 Å². The molecule has 34 heavy (non-hydrogen) atoms. The van der Waals surface area contributed by atoms with Crippen LogP contribution in [0.2, 0.25) is 0 Å². The Bertz CT molecular complexity index is 1140. The van der Waals surface area contributed by atoms with Crippen LogP contribution in [0, 0.1) is 6.92 Å². The van der Waals surface area contributed by atoms with Crippen molar-refractivity contribution in [1.82, 2.24) is 5.32 Å². The minimum absolute atomic E-state index is 0.188. The van der Waals surface area contributed by atoms with E-state index >= 15 is 0 Å². The van der Waals surface area contributed by atoms with Gasteiger partial charge >= 0.3 is 0 Å². The van der Waals surface area contributed by atoms with Gasteiger partial charge < -0.3 is 10.1 Å². The lowest BCUT2D eigenvalue weighted by Gasteiger charge is -2.18. The number of allylic oxidation sites excluding steroid dienone is 2. The van der Waals surface area contributed by atoms with Crippen LogP contribution in [0.5, 0.6) is 0 Å². The van der Waals surface area contributed by atoms with Crippen LogP contribution in [0.25, 0.3) is 0 Å². The number of carbonyl (C=O) groups excluding carboxylic acids is 1. The van der Waals surface area contributed by atoms with Gasteiger partial charge in [0.25, 0.3) is 0 Å². The second-order valence-corrected chi connectivity index (χ2v) is 7.75. The van der Waals surface area contributed by atoms with Crippen LogP contribution < -0.4 is 5.32 Å².